The summed E-state index contributed by atoms with van der Waals surface area (Å²) >= 11 is 0. The Morgan fingerprint density at radius 2 is 2.18 bits per heavy atom. The fraction of sp³-hybridized carbons (Fsp3) is 0.333. The quantitative estimate of drug-likeness (QED) is 0.684. The van der Waals surface area contributed by atoms with Gasteiger partial charge >= 0.3 is 5.92 Å². The summed E-state index contributed by atoms with van der Waals surface area (Å²) in [7, 11) is 0. The van der Waals surface area contributed by atoms with Crippen molar-refractivity contribution in [1.82, 2.24) is 9.97 Å². The maximum atomic E-state index is 12.7. The molecular weight excluding hydrogens is 152 g/mol. The van der Waals surface area contributed by atoms with E-state index in [4.69, 9.17) is 5.73 Å². The van der Waals surface area contributed by atoms with Gasteiger partial charge in [0, 0.05) is 12.4 Å². The molecule has 0 aliphatic heterocycles. The van der Waals surface area contributed by atoms with Gasteiger partial charge in [0.1, 0.15) is 5.69 Å². The molecule has 0 spiro atoms. The lowest BCUT2D eigenvalue weighted by atomic mass is 10.2. The third kappa shape index (κ3) is 1.68. The first kappa shape index (κ1) is 8.00. The van der Waals surface area contributed by atoms with E-state index in [0.717, 1.165) is 6.20 Å². The van der Waals surface area contributed by atoms with Gasteiger partial charge < -0.3 is 5.73 Å². The van der Waals surface area contributed by atoms with Crippen molar-refractivity contribution in [3.05, 3.63) is 24.3 Å². The highest BCUT2D eigenvalue weighted by Gasteiger charge is 2.31. The lowest BCUT2D eigenvalue weighted by molar-refractivity contribution is 0.000990. The summed E-state index contributed by atoms with van der Waals surface area (Å²) in [6.07, 6.45) is 3.54. The third-order valence-corrected chi connectivity index (χ3v) is 1.19. The maximum absolute atomic E-state index is 12.7. The molecule has 3 nitrogen and oxygen atoms in total. The normalized spacial score (nSPS) is 11.5. The van der Waals surface area contributed by atoms with Crippen LogP contribution in [0.3, 0.4) is 0 Å². The van der Waals surface area contributed by atoms with E-state index in [0.29, 0.717) is 0 Å². The summed E-state index contributed by atoms with van der Waals surface area (Å²) < 4.78 is 25.3. The molecule has 0 fully saturated rings. The van der Waals surface area contributed by atoms with Gasteiger partial charge in [-0.25, -0.2) is 0 Å². The Kier molecular flexibility index (Phi) is 2.09. The van der Waals surface area contributed by atoms with E-state index in [2.05, 4.69) is 9.97 Å². The van der Waals surface area contributed by atoms with Crippen LogP contribution in [0.25, 0.3) is 0 Å². The van der Waals surface area contributed by atoms with Gasteiger partial charge in [0.25, 0.3) is 0 Å². The summed E-state index contributed by atoms with van der Waals surface area (Å²) in [4.78, 5) is 6.93. The van der Waals surface area contributed by atoms with Crippen molar-refractivity contribution in [2.24, 2.45) is 5.73 Å². The Morgan fingerprint density at radius 1 is 1.45 bits per heavy atom. The first-order chi connectivity index (χ1) is 5.17. The van der Waals surface area contributed by atoms with Crippen molar-refractivity contribution in [2.75, 3.05) is 6.54 Å². The first-order valence-electron chi connectivity index (χ1n) is 3.01. The molecule has 0 aliphatic rings. The predicted octanol–water partition coefficient (Wildman–Crippen LogP) is 0.527. The average Bonchev–Trinajstić information content (AvgIpc) is 2.06. The van der Waals surface area contributed by atoms with Gasteiger partial charge in [-0.05, 0) is 0 Å². The second-order valence-electron chi connectivity index (χ2n) is 2.00. The molecule has 1 aromatic heterocycles. The van der Waals surface area contributed by atoms with E-state index in [-0.39, 0.29) is 5.69 Å². The molecule has 0 saturated heterocycles. The Bertz CT molecular complexity index is 225. The van der Waals surface area contributed by atoms with Crippen molar-refractivity contribution >= 4 is 0 Å². The molecule has 1 aromatic rings. The van der Waals surface area contributed by atoms with Crippen LogP contribution in [0.2, 0.25) is 0 Å². The molecular formula is C6H7F2N3. The molecule has 11 heavy (non-hydrogen) atoms. The van der Waals surface area contributed by atoms with Crippen LogP contribution in [-0.2, 0) is 5.92 Å². The van der Waals surface area contributed by atoms with Crippen LogP contribution in [0, 0.1) is 0 Å². The molecule has 0 aliphatic carbocycles. The summed E-state index contributed by atoms with van der Waals surface area (Å²) in [5.41, 5.74) is 4.43. The summed E-state index contributed by atoms with van der Waals surface area (Å²) in [5, 5.41) is 0. The van der Waals surface area contributed by atoms with Crippen LogP contribution in [-0.4, -0.2) is 16.5 Å². The minimum Gasteiger partial charge on any atom is -0.325 e. The molecule has 0 saturated carbocycles. The smallest absolute Gasteiger partial charge is 0.303 e. The number of hydrogen-bond acceptors (Lipinski definition) is 3. The van der Waals surface area contributed by atoms with Crippen molar-refractivity contribution in [3.63, 3.8) is 0 Å². The van der Waals surface area contributed by atoms with Gasteiger partial charge in [-0.1, -0.05) is 0 Å². The van der Waals surface area contributed by atoms with Crippen LogP contribution in [0.4, 0.5) is 8.78 Å². The molecule has 0 atom stereocenters. The van der Waals surface area contributed by atoms with Gasteiger partial charge in [0.2, 0.25) is 0 Å². The Hall–Kier alpha value is -1.10. The zero-order valence-electron chi connectivity index (χ0n) is 5.67. The predicted molar refractivity (Wildman–Crippen MR) is 35.0 cm³/mol. The molecule has 1 rings (SSSR count). The zero-order valence-corrected chi connectivity index (χ0v) is 5.67. The fourth-order valence-corrected chi connectivity index (χ4v) is 0.593. The molecule has 0 aromatic carbocycles. The van der Waals surface area contributed by atoms with E-state index < -0.39 is 12.5 Å². The lowest BCUT2D eigenvalue weighted by Gasteiger charge is -2.10. The van der Waals surface area contributed by atoms with Crippen LogP contribution in [0.15, 0.2) is 18.6 Å². The summed E-state index contributed by atoms with van der Waals surface area (Å²) in [5.74, 6) is -3.06. The molecule has 0 amide bonds. The number of nitrogens with two attached hydrogens (primary N) is 1. The van der Waals surface area contributed by atoms with Crippen molar-refractivity contribution < 1.29 is 8.78 Å². The zero-order chi connectivity index (χ0) is 8.32. The van der Waals surface area contributed by atoms with Crippen LogP contribution in [0.5, 0.6) is 0 Å². The highest BCUT2D eigenvalue weighted by atomic mass is 19.3. The van der Waals surface area contributed by atoms with Gasteiger partial charge in [-0.15, -0.1) is 0 Å². The number of halogens is 2. The number of nitrogens with zero attached hydrogens (tertiary/aromatic N) is 2. The van der Waals surface area contributed by atoms with Gasteiger partial charge in [-0.2, -0.15) is 8.78 Å². The van der Waals surface area contributed by atoms with Gasteiger partial charge in [0.05, 0.1) is 12.7 Å². The summed E-state index contributed by atoms with van der Waals surface area (Å²) in [6, 6.07) is 0. The average molecular weight is 159 g/mol. The van der Waals surface area contributed by atoms with Crippen molar-refractivity contribution in [1.29, 1.82) is 0 Å². The van der Waals surface area contributed by atoms with Crippen molar-refractivity contribution in [2.45, 2.75) is 5.92 Å². The van der Waals surface area contributed by atoms with E-state index in [9.17, 15) is 8.78 Å². The highest BCUT2D eigenvalue weighted by Crippen LogP contribution is 2.22. The number of aromatic nitrogens is 2. The SMILES string of the molecule is NCC(F)(F)c1cnccn1. The van der Waals surface area contributed by atoms with Crippen LogP contribution >= 0.6 is 0 Å². The van der Waals surface area contributed by atoms with E-state index >= 15 is 0 Å². The Morgan fingerprint density at radius 3 is 2.64 bits per heavy atom. The highest BCUT2D eigenvalue weighted by molar-refractivity contribution is 5.03. The van der Waals surface area contributed by atoms with E-state index in [1.54, 1.807) is 0 Å². The fourth-order valence-electron chi connectivity index (χ4n) is 0.593. The second kappa shape index (κ2) is 2.87. The number of hydrogen-bond donors (Lipinski definition) is 1. The molecule has 0 bridgehead atoms. The second-order valence-corrected chi connectivity index (χ2v) is 2.00. The minimum absolute atomic E-state index is 0.387. The van der Waals surface area contributed by atoms with Gasteiger partial charge in [0.15, 0.2) is 0 Å². The Balaban J connectivity index is 2.93. The minimum atomic E-state index is -3.06. The molecule has 0 unspecified atom stereocenters. The van der Waals surface area contributed by atoms with Crippen LogP contribution in [0.1, 0.15) is 5.69 Å². The topological polar surface area (TPSA) is 51.8 Å². The van der Waals surface area contributed by atoms with Gasteiger partial charge in [-0.3, -0.25) is 9.97 Å². The number of rotatable bonds is 2. The molecule has 2 N–H and O–H groups in total. The van der Waals surface area contributed by atoms with E-state index in [1.807, 2.05) is 0 Å². The molecule has 5 heteroatoms. The third-order valence-electron chi connectivity index (χ3n) is 1.19. The molecule has 0 radical (unpaired) electrons. The largest absolute Gasteiger partial charge is 0.325 e. The standard InChI is InChI=1S/C6H7F2N3/c7-6(8,4-9)5-3-10-1-2-11-5/h1-3H,4,9H2. The van der Waals surface area contributed by atoms with E-state index in [1.165, 1.54) is 12.4 Å². The molecule has 1 heterocycles. The van der Waals surface area contributed by atoms with Crippen LogP contribution < -0.4 is 5.73 Å². The molecule has 60 valence electrons. The summed E-state index contributed by atoms with van der Waals surface area (Å²) in [6.45, 7) is -0.744. The van der Waals surface area contributed by atoms with Crippen molar-refractivity contribution in [3.8, 4) is 0 Å². The maximum Gasteiger partial charge on any atom is 0.303 e. The monoisotopic (exact) mass is 159 g/mol. The first-order valence-corrected chi connectivity index (χ1v) is 3.01. The number of alkyl halides is 2. The Labute approximate surface area is 62.3 Å². The lowest BCUT2D eigenvalue weighted by Crippen LogP contribution is -2.26.